The topological polar surface area (TPSA) is 47.9 Å². The van der Waals surface area contributed by atoms with Gasteiger partial charge in [0.15, 0.2) is 19.8 Å². The molecule has 4 nitrogen and oxygen atoms in total. The van der Waals surface area contributed by atoms with Crippen molar-refractivity contribution in [2.75, 3.05) is 0 Å². The number of aromatic nitrogens is 3. The van der Waals surface area contributed by atoms with Crippen LogP contribution in [0.15, 0.2) is 6.20 Å². The molecule has 0 bridgehead atoms. The van der Waals surface area contributed by atoms with E-state index in [1.807, 2.05) is 0 Å². The van der Waals surface area contributed by atoms with Crippen LogP contribution < -0.4 is 0 Å². The zero-order valence-electron chi connectivity index (χ0n) is 17.4. The Morgan fingerprint density at radius 3 is 2.43 bits per heavy atom. The first kappa shape index (κ1) is 23.6. The van der Waals surface area contributed by atoms with Crippen LogP contribution in [-0.4, -0.2) is 29.4 Å². The third-order valence-electron chi connectivity index (χ3n) is 5.86. The molecule has 1 fully saturated rings. The molecule has 0 aliphatic heterocycles. The van der Waals surface area contributed by atoms with E-state index in [-0.39, 0.29) is 27.2 Å². The number of nitrogens with zero attached hydrogens (tertiary/aromatic N) is 3. The van der Waals surface area contributed by atoms with Crippen LogP contribution in [0.2, 0.25) is 23.4 Å². The summed E-state index contributed by atoms with van der Waals surface area (Å²) in [5.74, 6) is -1.24. The van der Waals surface area contributed by atoms with Gasteiger partial charge in [0.05, 0.1) is 22.2 Å². The van der Waals surface area contributed by atoms with Crippen molar-refractivity contribution in [3.63, 3.8) is 0 Å². The highest BCUT2D eigenvalue weighted by Crippen LogP contribution is 2.48. The Bertz CT molecular complexity index is 929. The van der Waals surface area contributed by atoms with E-state index in [0.29, 0.717) is 11.4 Å². The number of thiazole rings is 1. The van der Waals surface area contributed by atoms with Crippen molar-refractivity contribution in [1.29, 1.82) is 0 Å². The summed E-state index contributed by atoms with van der Waals surface area (Å²) in [5.41, 5.74) is -1.62. The maximum absolute atomic E-state index is 14.2. The maximum Gasteiger partial charge on any atom is 0.434 e. The van der Waals surface area contributed by atoms with Crippen molar-refractivity contribution in [1.82, 2.24) is 15.0 Å². The lowest BCUT2D eigenvalue weighted by molar-refractivity contribution is -0.140. The van der Waals surface area contributed by atoms with Crippen molar-refractivity contribution in [3.8, 4) is 10.6 Å². The minimum Gasteiger partial charge on any atom is -0.413 e. The summed E-state index contributed by atoms with van der Waals surface area (Å²) in [6.45, 7) is 10.6. The van der Waals surface area contributed by atoms with Crippen molar-refractivity contribution in [3.05, 3.63) is 28.0 Å². The maximum atomic E-state index is 14.2. The SMILES string of the molecule is CC(C)(C)[Si](C)(C)OC1CCCC1c1nc(C(F)(F)F)c(-c2nc(Cl)ncc2F)s1. The molecule has 0 saturated heterocycles. The van der Waals surface area contributed by atoms with Crippen LogP contribution >= 0.6 is 22.9 Å². The van der Waals surface area contributed by atoms with E-state index in [0.717, 1.165) is 30.4 Å². The first-order chi connectivity index (χ1) is 13.7. The fourth-order valence-electron chi connectivity index (χ4n) is 3.26. The molecule has 166 valence electrons. The van der Waals surface area contributed by atoms with Crippen LogP contribution in [0.4, 0.5) is 17.6 Å². The van der Waals surface area contributed by atoms with E-state index < -0.39 is 31.7 Å². The van der Waals surface area contributed by atoms with Crippen molar-refractivity contribution in [2.45, 2.75) is 76.4 Å². The van der Waals surface area contributed by atoms with Gasteiger partial charge in [-0.3, -0.25) is 0 Å². The van der Waals surface area contributed by atoms with Crippen molar-refractivity contribution >= 4 is 31.3 Å². The number of alkyl halides is 3. The molecule has 2 aromatic rings. The Morgan fingerprint density at radius 2 is 1.83 bits per heavy atom. The molecule has 0 spiro atoms. The molecule has 11 heteroatoms. The van der Waals surface area contributed by atoms with Crippen LogP contribution in [0, 0.1) is 5.82 Å². The highest BCUT2D eigenvalue weighted by atomic mass is 35.5. The molecule has 1 saturated carbocycles. The summed E-state index contributed by atoms with van der Waals surface area (Å²) >= 11 is 6.52. The average Bonchev–Trinajstić information content (AvgIpc) is 3.21. The molecule has 3 rings (SSSR count). The van der Waals surface area contributed by atoms with E-state index in [4.69, 9.17) is 16.0 Å². The molecule has 0 amide bonds. The minimum absolute atomic E-state index is 0.0217. The first-order valence-electron chi connectivity index (χ1n) is 9.65. The van der Waals surface area contributed by atoms with Crippen LogP contribution in [-0.2, 0) is 10.6 Å². The number of rotatable bonds is 4. The van der Waals surface area contributed by atoms with Gasteiger partial charge in [-0.1, -0.05) is 27.2 Å². The Kier molecular flexibility index (Phi) is 6.37. The van der Waals surface area contributed by atoms with Gasteiger partial charge < -0.3 is 4.43 Å². The lowest BCUT2D eigenvalue weighted by Gasteiger charge is -2.39. The third kappa shape index (κ3) is 4.71. The largest absolute Gasteiger partial charge is 0.434 e. The highest BCUT2D eigenvalue weighted by molar-refractivity contribution is 7.15. The molecule has 1 aliphatic carbocycles. The standard InChI is InChI=1S/C19H24ClF4N3OSSi/c1-18(2,3)30(4,5)28-12-8-6-7-10(12)16-27-15(19(22,23)24)14(29-16)13-11(21)9-25-17(20)26-13/h9-10,12H,6-8H2,1-5H3. The summed E-state index contributed by atoms with van der Waals surface area (Å²) < 4.78 is 61.9. The van der Waals surface area contributed by atoms with Crippen molar-refractivity contribution < 1.29 is 22.0 Å². The molecular weight excluding hydrogens is 458 g/mol. The van der Waals surface area contributed by atoms with Gasteiger partial charge in [0.25, 0.3) is 0 Å². The van der Waals surface area contributed by atoms with Gasteiger partial charge in [0.1, 0.15) is 5.69 Å². The molecule has 0 aromatic carbocycles. The monoisotopic (exact) mass is 481 g/mol. The second-order valence-electron chi connectivity index (χ2n) is 9.02. The lowest BCUT2D eigenvalue weighted by Crippen LogP contribution is -2.44. The minimum atomic E-state index is -4.75. The second-order valence-corrected chi connectivity index (χ2v) is 15.1. The van der Waals surface area contributed by atoms with E-state index in [2.05, 4.69) is 48.8 Å². The van der Waals surface area contributed by atoms with Gasteiger partial charge >= 0.3 is 6.18 Å². The van der Waals surface area contributed by atoms with Crippen LogP contribution in [0.5, 0.6) is 0 Å². The highest BCUT2D eigenvalue weighted by Gasteiger charge is 2.45. The third-order valence-corrected chi connectivity index (χ3v) is 11.7. The Hall–Kier alpha value is -1.10. The molecule has 2 aromatic heterocycles. The fraction of sp³-hybridized carbons (Fsp3) is 0.632. The molecule has 30 heavy (non-hydrogen) atoms. The summed E-state index contributed by atoms with van der Waals surface area (Å²) in [6, 6.07) is 0. The number of hydrogen-bond donors (Lipinski definition) is 0. The summed E-state index contributed by atoms with van der Waals surface area (Å²) in [5, 5.41) is -0.0475. The summed E-state index contributed by atoms with van der Waals surface area (Å²) in [7, 11) is -2.11. The van der Waals surface area contributed by atoms with Gasteiger partial charge in [-0.2, -0.15) is 13.2 Å². The summed E-state index contributed by atoms with van der Waals surface area (Å²) in [4.78, 5) is 10.7. The molecule has 1 aliphatic rings. The van der Waals surface area contributed by atoms with E-state index in [1.165, 1.54) is 0 Å². The molecule has 2 unspecified atom stereocenters. The predicted molar refractivity (Wildman–Crippen MR) is 112 cm³/mol. The number of hydrogen-bond acceptors (Lipinski definition) is 5. The van der Waals surface area contributed by atoms with Gasteiger partial charge in [-0.15, -0.1) is 11.3 Å². The van der Waals surface area contributed by atoms with Gasteiger partial charge in [0, 0.05) is 5.92 Å². The van der Waals surface area contributed by atoms with Crippen LogP contribution in [0.25, 0.3) is 10.6 Å². The Balaban J connectivity index is 2.02. The molecule has 0 radical (unpaired) electrons. The Labute approximate surface area is 183 Å². The smallest absolute Gasteiger partial charge is 0.413 e. The summed E-state index contributed by atoms with van der Waals surface area (Å²) in [6.07, 6.45) is -1.90. The fourth-order valence-corrected chi connectivity index (χ4v) is 6.05. The quantitative estimate of drug-likeness (QED) is 0.266. The molecule has 2 heterocycles. The van der Waals surface area contributed by atoms with E-state index in [1.54, 1.807) is 0 Å². The van der Waals surface area contributed by atoms with E-state index in [9.17, 15) is 17.6 Å². The zero-order valence-corrected chi connectivity index (χ0v) is 20.0. The second kappa shape index (κ2) is 8.11. The van der Waals surface area contributed by atoms with Crippen molar-refractivity contribution in [2.24, 2.45) is 0 Å². The van der Waals surface area contributed by atoms with Crippen LogP contribution in [0.1, 0.15) is 56.7 Å². The Morgan fingerprint density at radius 1 is 1.17 bits per heavy atom. The normalized spacial score (nSPS) is 20.7. The molecule has 0 N–H and O–H groups in total. The van der Waals surface area contributed by atoms with E-state index >= 15 is 0 Å². The number of halogens is 5. The van der Waals surface area contributed by atoms with Gasteiger partial charge in [0.2, 0.25) is 5.28 Å². The van der Waals surface area contributed by atoms with Gasteiger partial charge in [-0.05, 0) is 42.6 Å². The molecule has 2 atom stereocenters. The first-order valence-corrected chi connectivity index (χ1v) is 13.7. The zero-order chi connectivity index (χ0) is 22.5. The molecular formula is C19H24ClF4N3OSSi. The lowest BCUT2D eigenvalue weighted by atomic mass is 10.1. The van der Waals surface area contributed by atoms with Crippen LogP contribution in [0.3, 0.4) is 0 Å². The predicted octanol–water partition coefficient (Wildman–Crippen LogP) is 7.07. The van der Waals surface area contributed by atoms with Gasteiger partial charge in [-0.25, -0.2) is 19.3 Å². The average molecular weight is 482 g/mol.